The maximum absolute atomic E-state index is 12.7. The highest BCUT2D eigenvalue weighted by molar-refractivity contribution is 7.21. The first kappa shape index (κ1) is 18.7. The Morgan fingerprint density at radius 1 is 1.07 bits per heavy atom. The van der Waals surface area contributed by atoms with Gasteiger partial charge in [-0.25, -0.2) is 4.98 Å². The van der Waals surface area contributed by atoms with Gasteiger partial charge in [-0.05, 0) is 48.5 Å². The molecule has 0 radical (unpaired) electrons. The average Bonchev–Trinajstić information content (AvgIpc) is 3.14. The first-order valence-electron chi connectivity index (χ1n) is 8.35. The second kappa shape index (κ2) is 7.80. The van der Waals surface area contributed by atoms with Gasteiger partial charge >= 0.3 is 0 Å². The van der Waals surface area contributed by atoms with E-state index in [-0.39, 0.29) is 5.91 Å². The monoisotopic (exact) mass is 428 g/mol. The number of para-hydroxylation sites is 1. The van der Waals surface area contributed by atoms with Crippen molar-refractivity contribution in [1.29, 1.82) is 0 Å². The van der Waals surface area contributed by atoms with Crippen molar-refractivity contribution >= 4 is 56.3 Å². The van der Waals surface area contributed by atoms with Crippen molar-refractivity contribution in [1.82, 2.24) is 4.98 Å². The van der Waals surface area contributed by atoms with E-state index in [1.807, 2.05) is 24.3 Å². The standard InChI is InChI=1S/C21H14Cl2N2O2S/c1-27-14-8-6-12(7-9-14)20(26)25-19-15(10-13(22)11-16(19)23)21-24-17-4-2-3-5-18(17)28-21/h2-11H,1H3,(H,25,26). The molecule has 1 N–H and O–H groups in total. The van der Waals surface area contributed by atoms with E-state index in [2.05, 4.69) is 10.3 Å². The molecule has 0 atom stereocenters. The zero-order valence-electron chi connectivity index (χ0n) is 14.7. The summed E-state index contributed by atoms with van der Waals surface area (Å²) in [5, 5.41) is 4.46. The van der Waals surface area contributed by atoms with Crippen LogP contribution in [0.4, 0.5) is 5.69 Å². The lowest BCUT2D eigenvalue weighted by Gasteiger charge is -2.12. The number of nitrogens with zero attached hydrogens (tertiary/aromatic N) is 1. The normalized spacial score (nSPS) is 10.8. The number of amides is 1. The van der Waals surface area contributed by atoms with Crippen molar-refractivity contribution in [3.05, 3.63) is 76.3 Å². The number of thiazole rings is 1. The number of halogens is 2. The number of hydrogen-bond acceptors (Lipinski definition) is 4. The Balaban J connectivity index is 1.74. The molecule has 0 aliphatic rings. The Morgan fingerprint density at radius 3 is 2.54 bits per heavy atom. The molecular weight excluding hydrogens is 415 g/mol. The number of ether oxygens (including phenoxy) is 1. The molecule has 0 bridgehead atoms. The molecule has 0 saturated carbocycles. The van der Waals surface area contributed by atoms with Gasteiger partial charge in [0.1, 0.15) is 10.8 Å². The number of nitrogens with one attached hydrogen (secondary N) is 1. The second-order valence-electron chi connectivity index (χ2n) is 5.98. The summed E-state index contributed by atoms with van der Waals surface area (Å²) in [5.74, 6) is 0.394. The van der Waals surface area contributed by atoms with Crippen molar-refractivity contribution < 1.29 is 9.53 Å². The summed E-state index contributed by atoms with van der Waals surface area (Å²) in [5.41, 5.74) is 2.53. The summed E-state index contributed by atoms with van der Waals surface area (Å²) in [6.07, 6.45) is 0. The molecule has 1 amide bonds. The first-order valence-corrected chi connectivity index (χ1v) is 9.93. The minimum absolute atomic E-state index is 0.283. The number of methoxy groups -OCH3 is 1. The highest BCUT2D eigenvalue weighted by Crippen LogP contribution is 2.40. The van der Waals surface area contributed by atoms with Gasteiger partial charge in [0.2, 0.25) is 0 Å². The number of aromatic nitrogens is 1. The minimum Gasteiger partial charge on any atom is -0.497 e. The summed E-state index contributed by atoms with van der Waals surface area (Å²) in [6.45, 7) is 0. The smallest absolute Gasteiger partial charge is 0.255 e. The number of anilines is 1. The molecule has 1 aromatic heterocycles. The lowest BCUT2D eigenvalue weighted by Crippen LogP contribution is -2.13. The van der Waals surface area contributed by atoms with Crippen LogP contribution in [0, 0.1) is 0 Å². The SMILES string of the molecule is COc1ccc(C(=O)Nc2c(Cl)cc(Cl)cc2-c2nc3ccccc3s2)cc1. The number of benzene rings is 3. The van der Waals surface area contributed by atoms with E-state index < -0.39 is 0 Å². The fourth-order valence-electron chi connectivity index (χ4n) is 2.78. The van der Waals surface area contributed by atoms with Crippen molar-refractivity contribution in [2.24, 2.45) is 0 Å². The molecule has 140 valence electrons. The quantitative estimate of drug-likeness (QED) is 0.401. The fraction of sp³-hybridized carbons (Fsp3) is 0.0476. The molecule has 4 nitrogen and oxygen atoms in total. The predicted molar refractivity (Wildman–Crippen MR) is 116 cm³/mol. The third-order valence-corrected chi connectivity index (χ3v) is 5.76. The second-order valence-corrected chi connectivity index (χ2v) is 7.85. The molecule has 0 aliphatic heterocycles. The van der Waals surface area contributed by atoms with Crippen LogP contribution in [-0.2, 0) is 0 Å². The van der Waals surface area contributed by atoms with Crippen molar-refractivity contribution in [2.75, 3.05) is 12.4 Å². The highest BCUT2D eigenvalue weighted by Gasteiger charge is 2.18. The van der Waals surface area contributed by atoms with Crippen molar-refractivity contribution in [3.63, 3.8) is 0 Å². The average molecular weight is 429 g/mol. The number of hydrogen-bond donors (Lipinski definition) is 1. The molecule has 0 fully saturated rings. The molecule has 1 heterocycles. The highest BCUT2D eigenvalue weighted by atomic mass is 35.5. The van der Waals surface area contributed by atoms with Gasteiger partial charge in [-0.15, -0.1) is 11.3 Å². The predicted octanol–water partition coefficient (Wildman–Crippen LogP) is 6.53. The van der Waals surface area contributed by atoms with Crippen molar-refractivity contribution in [3.8, 4) is 16.3 Å². The van der Waals surface area contributed by atoms with E-state index in [1.54, 1.807) is 43.5 Å². The summed E-state index contributed by atoms with van der Waals surface area (Å²) >= 11 is 14.2. The fourth-order valence-corrected chi connectivity index (χ4v) is 4.31. The lowest BCUT2D eigenvalue weighted by molar-refractivity contribution is 0.102. The van der Waals surface area contributed by atoms with Crippen LogP contribution >= 0.6 is 34.5 Å². The third-order valence-electron chi connectivity index (χ3n) is 4.17. The molecular formula is C21H14Cl2N2O2S. The number of carbonyl (C=O) groups excluding carboxylic acids is 1. The maximum Gasteiger partial charge on any atom is 0.255 e. The van der Waals surface area contributed by atoms with Crippen molar-refractivity contribution in [2.45, 2.75) is 0 Å². The zero-order valence-corrected chi connectivity index (χ0v) is 17.0. The topological polar surface area (TPSA) is 51.2 Å². The van der Waals surface area contributed by atoms with Crippen LogP contribution < -0.4 is 10.1 Å². The van der Waals surface area contributed by atoms with E-state index in [1.165, 1.54) is 11.3 Å². The molecule has 0 saturated heterocycles. The van der Waals surface area contributed by atoms with E-state index >= 15 is 0 Å². The Bertz CT molecular complexity index is 1140. The maximum atomic E-state index is 12.7. The van der Waals surface area contributed by atoms with Gasteiger partial charge in [0, 0.05) is 16.1 Å². The molecule has 4 rings (SSSR count). The number of rotatable bonds is 4. The van der Waals surface area contributed by atoms with Crippen LogP contribution in [0.15, 0.2) is 60.7 Å². The Morgan fingerprint density at radius 2 is 1.82 bits per heavy atom. The van der Waals surface area contributed by atoms with Gasteiger partial charge in [-0.2, -0.15) is 0 Å². The molecule has 0 spiro atoms. The lowest BCUT2D eigenvalue weighted by atomic mass is 10.1. The third kappa shape index (κ3) is 3.69. The molecule has 7 heteroatoms. The summed E-state index contributed by atoms with van der Waals surface area (Å²) < 4.78 is 6.17. The van der Waals surface area contributed by atoms with Crippen LogP contribution in [-0.4, -0.2) is 18.0 Å². The Hall–Kier alpha value is -2.60. The van der Waals surface area contributed by atoms with E-state index in [9.17, 15) is 4.79 Å². The van der Waals surface area contributed by atoms with Gasteiger partial charge in [0.05, 0.1) is 28.0 Å². The number of carbonyl (C=O) groups is 1. The van der Waals surface area contributed by atoms with Crippen LogP contribution in [0.2, 0.25) is 10.0 Å². The van der Waals surface area contributed by atoms with Crippen LogP contribution in [0.5, 0.6) is 5.75 Å². The van der Waals surface area contributed by atoms with E-state index in [4.69, 9.17) is 27.9 Å². The molecule has 0 unspecified atom stereocenters. The number of fused-ring (bicyclic) bond motifs is 1. The van der Waals surface area contributed by atoms with Gasteiger partial charge in [-0.3, -0.25) is 4.79 Å². The largest absolute Gasteiger partial charge is 0.497 e. The first-order chi connectivity index (χ1) is 13.5. The molecule has 0 aliphatic carbocycles. The van der Waals surface area contributed by atoms with Crippen LogP contribution in [0.3, 0.4) is 0 Å². The van der Waals surface area contributed by atoms with Crippen LogP contribution in [0.25, 0.3) is 20.8 Å². The van der Waals surface area contributed by atoms with E-state index in [0.29, 0.717) is 32.6 Å². The van der Waals surface area contributed by atoms with E-state index in [0.717, 1.165) is 15.2 Å². The molecule has 3 aromatic carbocycles. The molecule has 4 aromatic rings. The molecule has 28 heavy (non-hydrogen) atoms. The minimum atomic E-state index is -0.283. The summed E-state index contributed by atoms with van der Waals surface area (Å²) in [7, 11) is 1.58. The van der Waals surface area contributed by atoms with Gasteiger partial charge in [0.25, 0.3) is 5.91 Å². The Kier molecular flexibility index (Phi) is 5.22. The zero-order chi connectivity index (χ0) is 19.7. The van der Waals surface area contributed by atoms with Gasteiger partial charge in [0.15, 0.2) is 0 Å². The van der Waals surface area contributed by atoms with Crippen LogP contribution in [0.1, 0.15) is 10.4 Å². The Labute approximate surface area is 175 Å². The summed E-state index contributed by atoms with van der Waals surface area (Å²) in [6, 6.07) is 18.0. The van der Waals surface area contributed by atoms with Gasteiger partial charge in [-0.1, -0.05) is 35.3 Å². The van der Waals surface area contributed by atoms with Gasteiger partial charge < -0.3 is 10.1 Å². The summed E-state index contributed by atoms with van der Waals surface area (Å²) in [4.78, 5) is 17.4.